The van der Waals surface area contributed by atoms with E-state index in [-0.39, 0.29) is 0 Å². The Bertz CT molecular complexity index is 505. The number of fused-ring (bicyclic) bond motifs is 1. The van der Waals surface area contributed by atoms with Crippen LogP contribution in [0, 0.1) is 12.3 Å². The van der Waals surface area contributed by atoms with Gasteiger partial charge >= 0.3 is 0 Å². The zero-order chi connectivity index (χ0) is 12.9. The second-order valence-electron chi connectivity index (χ2n) is 6.75. The molecule has 102 valence electrons. The van der Waals surface area contributed by atoms with Gasteiger partial charge in [-0.1, -0.05) is 6.42 Å². The standard InChI is InChI=1S/C16H23N3/c1-12-17-14-6-3-2-5-13(14)15(18-12)19-10-9-16(11-19)7-4-8-16/h2-11H2,1H3. The summed E-state index contributed by atoms with van der Waals surface area (Å²) in [4.78, 5) is 12.1. The van der Waals surface area contributed by atoms with E-state index in [0.717, 1.165) is 12.2 Å². The number of rotatable bonds is 1. The predicted octanol–water partition coefficient (Wildman–Crippen LogP) is 3.04. The van der Waals surface area contributed by atoms with Gasteiger partial charge in [-0.05, 0) is 57.3 Å². The minimum atomic E-state index is 0.653. The Kier molecular flexibility index (Phi) is 2.58. The van der Waals surface area contributed by atoms with E-state index in [9.17, 15) is 0 Å². The molecule has 3 aliphatic rings. The van der Waals surface area contributed by atoms with Gasteiger partial charge in [0.1, 0.15) is 11.6 Å². The number of hydrogen-bond acceptors (Lipinski definition) is 3. The smallest absolute Gasteiger partial charge is 0.135 e. The van der Waals surface area contributed by atoms with E-state index in [4.69, 9.17) is 4.98 Å². The van der Waals surface area contributed by atoms with Gasteiger partial charge in [-0.25, -0.2) is 9.97 Å². The molecule has 0 bridgehead atoms. The normalized spacial score (nSPS) is 24.4. The summed E-state index contributed by atoms with van der Waals surface area (Å²) in [5, 5.41) is 0. The highest BCUT2D eigenvalue weighted by Crippen LogP contribution is 2.49. The molecule has 0 atom stereocenters. The molecule has 2 aliphatic carbocycles. The molecule has 2 heterocycles. The molecule has 4 rings (SSSR count). The van der Waals surface area contributed by atoms with E-state index in [1.54, 1.807) is 0 Å². The third-order valence-electron chi connectivity index (χ3n) is 5.43. The molecular weight excluding hydrogens is 234 g/mol. The molecule has 1 aliphatic heterocycles. The Balaban J connectivity index is 1.69. The van der Waals surface area contributed by atoms with Gasteiger partial charge in [0.15, 0.2) is 0 Å². The number of hydrogen-bond donors (Lipinski definition) is 0. The van der Waals surface area contributed by atoms with Crippen LogP contribution in [-0.4, -0.2) is 23.1 Å². The highest BCUT2D eigenvalue weighted by atomic mass is 15.2. The summed E-state index contributed by atoms with van der Waals surface area (Å²) in [6.45, 7) is 4.51. The first-order chi connectivity index (χ1) is 9.26. The molecule has 0 aromatic carbocycles. The van der Waals surface area contributed by atoms with Crippen molar-refractivity contribution >= 4 is 5.82 Å². The molecule has 1 spiro atoms. The first kappa shape index (κ1) is 11.7. The van der Waals surface area contributed by atoms with E-state index >= 15 is 0 Å². The lowest BCUT2D eigenvalue weighted by Crippen LogP contribution is -2.34. The number of aromatic nitrogens is 2. The van der Waals surface area contributed by atoms with Crippen molar-refractivity contribution in [3.05, 3.63) is 17.1 Å². The van der Waals surface area contributed by atoms with Crippen molar-refractivity contribution in [1.29, 1.82) is 0 Å². The van der Waals surface area contributed by atoms with E-state index in [1.165, 1.54) is 75.1 Å². The van der Waals surface area contributed by atoms with Crippen LogP contribution >= 0.6 is 0 Å². The minimum Gasteiger partial charge on any atom is -0.356 e. The minimum absolute atomic E-state index is 0.653. The fourth-order valence-corrected chi connectivity index (χ4v) is 4.16. The van der Waals surface area contributed by atoms with Crippen LogP contribution in [0.15, 0.2) is 0 Å². The van der Waals surface area contributed by atoms with Gasteiger partial charge in [0, 0.05) is 24.3 Å². The van der Waals surface area contributed by atoms with Crippen molar-refractivity contribution in [2.75, 3.05) is 18.0 Å². The molecule has 3 heteroatoms. The van der Waals surface area contributed by atoms with Crippen molar-refractivity contribution in [3.63, 3.8) is 0 Å². The average molecular weight is 257 g/mol. The largest absolute Gasteiger partial charge is 0.356 e. The van der Waals surface area contributed by atoms with E-state index in [2.05, 4.69) is 9.88 Å². The van der Waals surface area contributed by atoms with Crippen molar-refractivity contribution in [1.82, 2.24) is 9.97 Å². The molecule has 2 fully saturated rings. The van der Waals surface area contributed by atoms with Gasteiger partial charge < -0.3 is 4.90 Å². The van der Waals surface area contributed by atoms with Crippen LogP contribution in [-0.2, 0) is 12.8 Å². The van der Waals surface area contributed by atoms with Crippen LogP contribution in [0.3, 0.4) is 0 Å². The Morgan fingerprint density at radius 2 is 1.84 bits per heavy atom. The molecule has 1 saturated carbocycles. The molecule has 1 aromatic heterocycles. The first-order valence-electron chi connectivity index (χ1n) is 7.87. The fourth-order valence-electron chi connectivity index (χ4n) is 4.16. The van der Waals surface area contributed by atoms with Crippen LogP contribution in [0.25, 0.3) is 0 Å². The van der Waals surface area contributed by atoms with Crippen LogP contribution in [0.5, 0.6) is 0 Å². The van der Waals surface area contributed by atoms with Gasteiger partial charge in [-0.3, -0.25) is 0 Å². The number of anilines is 1. The first-order valence-corrected chi connectivity index (χ1v) is 7.87. The lowest BCUT2D eigenvalue weighted by Gasteiger charge is -2.38. The monoisotopic (exact) mass is 257 g/mol. The van der Waals surface area contributed by atoms with Crippen LogP contribution in [0.1, 0.15) is 55.6 Å². The molecule has 19 heavy (non-hydrogen) atoms. The van der Waals surface area contributed by atoms with Gasteiger partial charge in [-0.2, -0.15) is 0 Å². The fraction of sp³-hybridized carbons (Fsp3) is 0.750. The molecule has 1 aromatic rings. The van der Waals surface area contributed by atoms with Gasteiger partial charge in [0.05, 0.1) is 0 Å². The Hall–Kier alpha value is -1.12. The Labute approximate surface area is 115 Å². The van der Waals surface area contributed by atoms with Crippen molar-refractivity contribution < 1.29 is 0 Å². The zero-order valence-corrected chi connectivity index (χ0v) is 11.9. The van der Waals surface area contributed by atoms with Gasteiger partial charge in [-0.15, -0.1) is 0 Å². The van der Waals surface area contributed by atoms with Crippen LogP contribution in [0.2, 0.25) is 0 Å². The maximum atomic E-state index is 4.81. The molecule has 0 N–H and O–H groups in total. The van der Waals surface area contributed by atoms with Crippen molar-refractivity contribution in [2.24, 2.45) is 5.41 Å². The van der Waals surface area contributed by atoms with E-state index in [0.29, 0.717) is 5.41 Å². The second-order valence-corrected chi connectivity index (χ2v) is 6.75. The van der Waals surface area contributed by atoms with Gasteiger partial charge in [0.25, 0.3) is 0 Å². The summed E-state index contributed by atoms with van der Waals surface area (Å²) >= 11 is 0. The summed E-state index contributed by atoms with van der Waals surface area (Å²) < 4.78 is 0. The topological polar surface area (TPSA) is 29.0 Å². The number of aryl methyl sites for hydroxylation is 2. The third-order valence-corrected chi connectivity index (χ3v) is 5.43. The lowest BCUT2D eigenvalue weighted by molar-refractivity contribution is 0.165. The maximum Gasteiger partial charge on any atom is 0.135 e. The Morgan fingerprint density at radius 1 is 1.00 bits per heavy atom. The summed E-state index contributed by atoms with van der Waals surface area (Å²) in [6.07, 6.45) is 10.7. The maximum absolute atomic E-state index is 4.81. The SMILES string of the molecule is Cc1nc2c(c(N3CCC4(CCC4)C3)n1)CCCC2. The van der Waals surface area contributed by atoms with Crippen LogP contribution in [0.4, 0.5) is 5.82 Å². The van der Waals surface area contributed by atoms with E-state index < -0.39 is 0 Å². The summed E-state index contributed by atoms with van der Waals surface area (Å²) in [5.41, 5.74) is 3.46. The summed E-state index contributed by atoms with van der Waals surface area (Å²) in [7, 11) is 0. The lowest BCUT2D eigenvalue weighted by atomic mass is 9.68. The average Bonchev–Trinajstić information content (AvgIpc) is 2.83. The second kappa shape index (κ2) is 4.19. The summed E-state index contributed by atoms with van der Waals surface area (Å²) in [5.74, 6) is 2.25. The highest BCUT2D eigenvalue weighted by Gasteiger charge is 2.43. The van der Waals surface area contributed by atoms with Crippen molar-refractivity contribution in [3.8, 4) is 0 Å². The van der Waals surface area contributed by atoms with Crippen LogP contribution < -0.4 is 4.90 Å². The van der Waals surface area contributed by atoms with Gasteiger partial charge in [0.2, 0.25) is 0 Å². The molecule has 1 saturated heterocycles. The van der Waals surface area contributed by atoms with E-state index in [1.807, 2.05) is 6.92 Å². The molecule has 3 nitrogen and oxygen atoms in total. The Morgan fingerprint density at radius 3 is 2.58 bits per heavy atom. The molecule has 0 radical (unpaired) electrons. The third kappa shape index (κ3) is 1.86. The summed E-state index contributed by atoms with van der Waals surface area (Å²) in [6, 6.07) is 0. The molecule has 0 unspecified atom stereocenters. The predicted molar refractivity (Wildman–Crippen MR) is 76.5 cm³/mol. The highest BCUT2D eigenvalue weighted by molar-refractivity contribution is 5.51. The van der Waals surface area contributed by atoms with Crippen molar-refractivity contribution in [2.45, 2.75) is 58.3 Å². The molecular formula is C16H23N3. The zero-order valence-electron chi connectivity index (χ0n) is 11.9. The molecule has 0 amide bonds. The number of nitrogens with zero attached hydrogens (tertiary/aromatic N) is 3. The quantitative estimate of drug-likeness (QED) is 0.774.